The molecule has 0 aromatic heterocycles. The minimum atomic E-state index is 0.0839. The van der Waals surface area contributed by atoms with Gasteiger partial charge in [-0.25, -0.2) is 0 Å². The summed E-state index contributed by atoms with van der Waals surface area (Å²) in [5.74, 6) is 0.111. The molecule has 0 spiro atoms. The monoisotopic (exact) mass is 331 g/mol. The second kappa shape index (κ2) is 7.98. The van der Waals surface area contributed by atoms with E-state index >= 15 is 0 Å². The van der Waals surface area contributed by atoms with Crippen molar-refractivity contribution in [2.45, 2.75) is 39.2 Å². The number of amides is 1. The summed E-state index contributed by atoms with van der Waals surface area (Å²) < 4.78 is 0. The molecule has 2 nitrogen and oxygen atoms in total. The molecule has 0 bridgehead atoms. The SMILES string of the molecule is CC[C@H](NC(=O)CCc1cccc2ccccc12)c1ccc(C)cc1. The number of benzene rings is 3. The van der Waals surface area contributed by atoms with E-state index in [-0.39, 0.29) is 11.9 Å². The molecule has 0 radical (unpaired) electrons. The minimum absolute atomic E-state index is 0.0839. The van der Waals surface area contributed by atoms with Gasteiger partial charge in [-0.15, -0.1) is 0 Å². The lowest BCUT2D eigenvalue weighted by Crippen LogP contribution is -2.28. The zero-order valence-electron chi connectivity index (χ0n) is 15.0. The molecule has 0 saturated heterocycles. The van der Waals surface area contributed by atoms with Gasteiger partial charge >= 0.3 is 0 Å². The van der Waals surface area contributed by atoms with Crippen molar-refractivity contribution in [2.75, 3.05) is 0 Å². The summed E-state index contributed by atoms with van der Waals surface area (Å²) in [6.07, 6.45) is 2.16. The molecule has 2 heteroatoms. The Labute approximate surface area is 149 Å². The van der Waals surface area contributed by atoms with Gasteiger partial charge in [0, 0.05) is 6.42 Å². The molecule has 0 heterocycles. The van der Waals surface area contributed by atoms with Gasteiger partial charge in [0.15, 0.2) is 0 Å². The van der Waals surface area contributed by atoms with E-state index in [0.717, 1.165) is 12.8 Å². The highest BCUT2D eigenvalue weighted by Gasteiger charge is 2.13. The Morgan fingerprint density at radius 1 is 0.960 bits per heavy atom. The number of aryl methyl sites for hydroxylation is 2. The summed E-state index contributed by atoms with van der Waals surface area (Å²) in [7, 11) is 0. The summed E-state index contributed by atoms with van der Waals surface area (Å²) in [5, 5.41) is 5.65. The molecule has 3 aromatic rings. The van der Waals surface area contributed by atoms with Crippen molar-refractivity contribution in [1.29, 1.82) is 0 Å². The third kappa shape index (κ3) is 4.27. The lowest BCUT2D eigenvalue weighted by molar-refractivity contribution is -0.121. The normalized spacial score (nSPS) is 12.1. The molecule has 1 amide bonds. The first-order valence-electron chi connectivity index (χ1n) is 9.00. The van der Waals surface area contributed by atoms with Crippen LogP contribution >= 0.6 is 0 Å². The third-order valence-electron chi connectivity index (χ3n) is 4.72. The van der Waals surface area contributed by atoms with Gasteiger partial charge in [0.05, 0.1) is 6.04 Å². The quantitative estimate of drug-likeness (QED) is 0.648. The van der Waals surface area contributed by atoms with E-state index in [1.165, 1.54) is 27.5 Å². The molecule has 0 aliphatic heterocycles. The summed E-state index contributed by atoms with van der Waals surface area (Å²) >= 11 is 0. The molecular formula is C23H25NO. The number of carbonyl (C=O) groups excluding carboxylic acids is 1. The van der Waals surface area contributed by atoms with E-state index in [0.29, 0.717) is 6.42 Å². The van der Waals surface area contributed by atoms with Crippen LogP contribution in [-0.2, 0) is 11.2 Å². The minimum Gasteiger partial charge on any atom is -0.349 e. The number of fused-ring (bicyclic) bond motifs is 1. The average Bonchev–Trinajstić information content (AvgIpc) is 2.65. The number of nitrogens with one attached hydrogen (secondary N) is 1. The van der Waals surface area contributed by atoms with Crippen LogP contribution in [0.3, 0.4) is 0 Å². The van der Waals surface area contributed by atoms with Crippen LogP contribution in [0.25, 0.3) is 10.8 Å². The molecule has 128 valence electrons. The maximum atomic E-state index is 12.5. The van der Waals surface area contributed by atoms with E-state index in [2.05, 4.69) is 79.8 Å². The Bertz CT molecular complexity index is 846. The number of hydrogen-bond donors (Lipinski definition) is 1. The highest BCUT2D eigenvalue weighted by molar-refractivity contribution is 5.86. The number of hydrogen-bond acceptors (Lipinski definition) is 1. The first-order valence-corrected chi connectivity index (χ1v) is 9.00. The fourth-order valence-corrected chi connectivity index (χ4v) is 3.25. The largest absolute Gasteiger partial charge is 0.349 e. The molecule has 0 aliphatic rings. The van der Waals surface area contributed by atoms with Crippen molar-refractivity contribution >= 4 is 16.7 Å². The van der Waals surface area contributed by atoms with E-state index in [4.69, 9.17) is 0 Å². The van der Waals surface area contributed by atoms with Crippen molar-refractivity contribution in [3.63, 3.8) is 0 Å². The first kappa shape index (κ1) is 17.2. The number of rotatable bonds is 6. The molecule has 0 unspecified atom stereocenters. The Morgan fingerprint density at radius 2 is 1.68 bits per heavy atom. The van der Waals surface area contributed by atoms with E-state index in [1.807, 2.05) is 6.07 Å². The lowest BCUT2D eigenvalue weighted by Gasteiger charge is -2.18. The number of carbonyl (C=O) groups is 1. The summed E-state index contributed by atoms with van der Waals surface area (Å²) in [4.78, 5) is 12.5. The summed E-state index contributed by atoms with van der Waals surface area (Å²) in [6, 6.07) is 23.1. The van der Waals surface area contributed by atoms with E-state index in [1.54, 1.807) is 0 Å². The molecule has 25 heavy (non-hydrogen) atoms. The molecular weight excluding hydrogens is 306 g/mol. The Hall–Kier alpha value is -2.61. The van der Waals surface area contributed by atoms with Gasteiger partial charge in [-0.1, -0.05) is 79.2 Å². The van der Waals surface area contributed by atoms with Crippen LogP contribution in [0.5, 0.6) is 0 Å². The van der Waals surface area contributed by atoms with Crippen LogP contribution in [-0.4, -0.2) is 5.91 Å². The van der Waals surface area contributed by atoms with Crippen molar-refractivity contribution in [2.24, 2.45) is 0 Å². The molecule has 1 N–H and O–H groups in total. The van der Waals surface area contributed by atoms with Crippen LogP contribution in [0.15, 0.2) is 66.7 Å². The zero-order valence-corrected chi connectivity index (χ0v) is 15.0. The maximum Gasteiger partial charge on any atom is 0.220 e. The highest BCUT2D eigenvalue weighted by Crippen LogP contribution is 2.21. The van der Waals surface area contributed by atoms with Crippen LogP contribution in [0.4, 0.5) is 0 Å². The Balaban J connectivity index is 1.64. The van der Waals surface area contributed by atoms with Crippen molar-refractivity contribution < 1.29 is 4.79 Å². The van der Waals surface area contributed by atoms with Crippen molar-refractivity contribution in [1.82, 2.24) is 5.32 Å². The van der Waals surface area contributed by atoms with Gasteiger partial charge in [0.25, 0.3) is 0 Å². The fourth-order valence-electron chi connectivity index (χ4n) is 3.25. The van der Waals surface area contributed by atoms with Gasteiger partial charge in [-0.05, 0) is 41.7 Å². The topological polar surface area (TPSA) is 29.1 Å². The summed E-state index contributed by atoms with van der Waals surface area (Å²) in [5.41, 5.74) is 3.64. The van der Waals surface area contributed by atoms with Gasteiger partial charge < -0.3 is 5.32 Å². The van der Waals surface area contributed by atoms with Crippen molar-refractivity contribution in [3.8, 4) is 0 Å². The molecule has 3 rings (SSSR count). The molecule has 0 saturated carbocycles. The molecule has 0 aliphatic carbocycles. The fraction of sp³-hybridized carbons (Fsp3) is 0.261. The van der Waals surface area contributed by atoms with Gasteiger partial charge in [0.1, 0.15) is 0 Å². The zero-order chi connectivity index (χ0) is 17.6. The lowest BCUT2D eigenvalue weighted by atomic mass is 10.00. The molecule has 3 aromatic carbocycles. The maximum absolute atomic E-state index is 12.5. The van der Waals surface area contributed by atoms with Gasteiger partial charge in [-0.2, -0.15) is 0 Å². The molecule has 1 atom stereocenters. The highest BCUT2D eigenvalue weighted by atomic mass is 16.1. The average molecular weight is 331 g/mol. The van der Waals surface area contributed by atoms with Gasteiger partial charge in [0.2, 0.25) is 5.91 Å². The van der Waals surface area contributed by atoms with Crippen LogP contribution in [0.2, 0.25) is 0 Å². The Kier molecular flexibility index (Phi) is 5.49. The smallest absolute Gasteiger partial charge is 0.220 e. The second-order valence-electron chi connectivity index (χ2n) is 6.58. The van der Waals surface area contributed by atoms with Crippen LogP contribution in [0.1, 0.15) is 42.5 Å². The van der Waals surface area contributed by atoms with Gasteiger partial charge in [-0.3, -0.25) is 4.79 Å². The first-order chi connectivity index (χ1) is 12.2. The Morgan fingerprint density at radius 3 is 2.44 bits per heavy atom. The van der Waals surface area contributed by atoms with Crippen LogP contribution in [0, 0.1) is 6.92 Å². The third-order valence-corrected chi connectivity index (χ3v) is 4.72. The standard InChI is InChI=1S/C23H25NO/c1-3-22(20-13-11-17(2)12-14-20)24-23(25)16-15-19-9-6-8-18-7-4-5-10-21(18)19/h4-14,22H,3,15-16H2,1-2H3,(H,24,25)/t22-/m0/s1. The summed E-state index contributed by atoms with van der Waals surface area (Å²) in [6.45, 7) is 4.18. The molecule has 0 fully saturated rings. The van der Waals surface area contributed by atoms with Crippen molar-refractivity contribution in [3.05, 3.63) is 83.4 Å². The second-order valence-corrected chi connectivity index (χ2v) is 6.58. The van der Waals surface area contributed by atoms with E-state index in [9.17, 15) is 4.79 Å². The predicted octanol–water partition coefficient (Wildman–Crippen LogP) is 5.35. The van der Waals surface area contributed by atoms with Crippen LogP contribution < -0.4 is 5.32 Å². The predicted molar refractivity (Wildman–Crippen MR) is 105 cm³/mol. The van der Waals surface area contributed by atoms with E-state index < -0.39 is 0 Å².